The Morgan fingerprint density at radius 2 is 1.85 bits per heavy atom. The van der Waals surface area contributed by atoms with Crippen molar-refractivity contribution in [3.63, 3.8) is 0 Å². The molecule has 5 nitrogen and oxygen atoms in total. The molecular formula is C21H23N3O2. The summed E-state index contributed by atoms with van der Waals surface area (Å²) in [6, 6.07) is 17.5. The van der Waals surface area contributed by atoms with Crippen LogP contribution in [0, 0.1) is 0 Å². The predicted molar refractivity (Wildman–Crippen MR) is 103 cm³/mol. The van der Waals surface area contributed by atoms with Crippen LogP contribution in [0.25, 0.3) is 10.9 Å². The highest BCUT2D eigenvalue weighted by molar-refractivity contribution is 5.77. The van der Waals surface area contributed by atoms with Crippen LogP contribution in [0.5, 0.6) is 0 Å². The van der Waals surface area contributed by atoms with E-state index in [-0.39, 0.29) is 17.9 Å². The fourth-order valence-electron chi connectivity index (χ4n) is 2.95. The lowest BCUT2D eigenvalue weighted by molar-refractivity contribution is -0.121. The van der Waals surface area contributed by atoms with Gasteiger partial charge in [-0.15, -0.1) is 0 Å². The number of benzene rings is 2. The van der Waals surface area contributed by atoms with Crippen molar-refractivity contribution >= 4 is 16.8 Å². The smallest absolute Gasteiger partial charge is 0.261 e. The Bertz CT molecular complexity index is 935. The summed E-state index contributed by atoms with van der Waals surface area (Å²) >= 11 is 0. The molecule has 0 fully saturated rings. The van der Waals surface area contributed by atoms with Crippen LogP contribution >= 0.6 is 0 Å². The Morgan fingerprint density at radius 3 is 2.65 bits per heavy atom. The zero-order chi connectivity index (χ0) is 18.4. The molecule has 2 aromatic carbocycles. The van der Waals surface area contributed by atoms with E-state index in [2.05, 4.69) is 29.4 Å². The molecule has 26 heavy (non-hydrogen) atoms. The highest BCUT2D eigenvalue weighted by Gasteiger charge is 2.08. The van der Waals surface area contributed by atoms with Crippen molar-refractivity contribution in [1.29, 1.82) is 0 Å². The van der Waals surface area contributed by atoms with Crippen LogP contribution in [-0.4, -0.2) is 22.0 Å². The van der Waals surface area contributed by atoms with Gasteiger partial charge in [0.1, 0.15) is 0 Å². The summed E-state index contributed by atoms with van der Waals surface area (Å²) in [6.07, 6.45) is 2.66. The number of aromatic nitrogens is 2. The van der Waals surface area contributed by atoms with E-state index in [0.717, 1.165) is 6.42 Å². The number of rotatable bonds is 7. The molecule has 0 aliphatic carbocycles. The van der Waals surface area contributed by atoms with E-state index in [9.17, 15) is 9.59 Å². The van der Waals surface area contributed by atoms with Gasteiger partial charge in [0.05, 0.1) is 17.2 Å². The first-order chi connectivity index (χ1) is 12.6. The van der Waals surface area contributed by atoms with Gasteiger partial charge in [0.2, 0.25) is 5.91 Å². The summed E-state index contributed by atoms with van der Waals surface area (Å²) in [6.45, 7) is 3.11. The normalized spacial score (nSPS) is 12.0. The van der Waals surface area contributed by atoms with Gasteiger partial charge in [0, 0.05) is 19.5 Å². The third kappa shape index (κ3) is 4.36. The largest absolute Gasteiger partial charge is 0.356 e. The summed E-state index contributed by atoms with van der Waals surface area (Å²) in [5.41, 5.74) is 1.84. The summed E-state index contributed by atoms with van der Waals surface area (Å²) in [5.74, 6) is 0.342. The Morgan fingerprint density at radius 1 is 1.12 bits per heavy atom. The average molecular weight is 349 g/mol. The quantitative estimate of drug-likeness (QED) is 0.713. The van der Waals surface area contributed by atoms with E-state index >= 15 is 0 Å². The van der Waals surface area contributed by atoms with Crippen LogP contribution in [0.2, 0.25) is 0 Å². The van der Waals surface area contributed by atoms with Crippen molar-refractivity contribution < 1.29 is 4.79 Å². The molecule has 0 unspecified atom stereocenters. The number of aryl methyl sites for hydroxylation is 1. The monoisotopic (exact) mass is 349 g/mol. The first-order valence-corrected chi connectivity index (χ1v) is 8.91. The Balaban J connectivity index is 1.49. The molecule has 1 atom stereocenters. The topological polar surface area (TPSA) is 64.0 Å². The number of nitrogens with zero attached hydrogens (tertiary/aromatic N) is 2. The summed E-state index contributed by atoms with van der Waals surface area (Å²) in [5, 5.41) is 3.51. The van der Waals surface area contributed by atoms with Crippen molar-refractivity contribution in [3.8, 4) is 0 Å². The molecule has 1 amide bonds. The molecule has 134 valence electrons. The molecule has 3 rings (SSSR count). The number of carbonyl (C=O) groups excluding carboxylic acids is 1. The molecule has 1 aromatic heterocycles. The highest BCUT2D eigenvalue weighted by atomic mass is 16.1. The molecular weight excluding hydrogens is 326 g/mol. The number of hydrogen-bond donors (Lipinski definition) is 1. The third-order valence-corrected chi connectivity index (χ3v) is 4.58. The van der Waals surface area contributed by atoms with E-state index in [1.54, 1.807) is 6.07 Å². The van der Waals surface area contributed by atoms with Gasteiger partial charge < -0.3 is 5.32 Å². The lowest BCUT2D eigenvalue weighted by atomic mass is 9.98. The Hall–Kier alpha value is -2.95. The van der Waals surface area contributed by atoms with Crippen LogP contribution < -0.4 is 10.9 Å². The van der Waals surface area contributed by atoms with E-state index in [1.807, 2.05) is 36.4 Å². The summed E-state index contributed by atoms with van der Waals surface area (Å²) in [4.78, 5) is 28.7. The standard InChI is InChI=1S/C21H23N3O2/c1-16(17-7-3-2-4-8-17)11-13-22-20(25)12-14-24-15-23-19-10-6-5-9-18(19)21(24)26/h2-10,15-16H,11-14H2,1H3,(H,22,25)/t16-/m0/s1. The van der Waals surface area contributed by atoms with Gasteiger partial charge in [0.15, 0.2) is 0 Å². The highest BCUT2D eigenvalue weighted by Crippen LogP contribution is 2.17. The van der Waals surface area contributed by atoms with Crippen molar-refractivity contribution in [2.75, 3.05) is 6.54 Å². The second-order valence-electron chi connectivity index (χ2n) is 6.46. The van der Waals surface area contributed by atoms with Crippen molar-refractivity contribution in [2.45, 2.75) is 32.2 Å². The summed E-state index contributed by atoms with van der Waals surface area (Å²) < 4.78 is 1.49. The van der Waals surface area contributed by atoms with Crippen molar-refractivity contribution in [2.24, 2.45) is 0 Å². The first-order valence-electron chi connectivity index (χ1n) is 8.91. The van der Waals surface area contributed by atoms with Crippen LogP contribution in [0.15, 0.2) is 65.7 Å². The fourth-order valence-corrected chi connectivity index (χ4v) is 2.95. The second kappa shape index (κ2) is 8.43. The van der Waals surface area contributed by atoms with Crippen molar-refractivity contribution in [1.82, 2.24) is 14.9 Å². The molecule has 0 spiro atoms. The van der Waals surface area contributed by atoms with Crippen LogP contribution in [-0.2, 0) is 11.3 Å². The number of nitrogens with one attached hydrogen (secondary N) is 1. The molecule has 0 saturated heterocycles. The predicted octanol–water partition coefficient (Wildman–Crippen LogP) is 3.10. The molecule has 0 aliphatic rings. The van der Waals surface area contributed by atoms with E-state index in [1.165, 1.54) is 16.5 Å². The maximum atomic E-state index is 12.4. The van der Waals surface area contributed by atoms with E-state index < -0.39 is 0 Å². The molecule has 0 aliphatic heterocycles. The maximum Gasteiger partial charge on any atom is 0.261 e. The fraction of sp³-hybridized carbons (Fsp3) is 0.286. The summed E-state index contributed by atoms with van der Waals surface area (Å²) in [7, 11) is 0. The lowest BCUT2D eigenvalue weighted by Gasteiger charge is -2.12. The number of para-hydroxylation sites is 1. The molecule has 1 N–H and O–H groups in total. The second-order valence-corrected chi connectivity index (χ2v) is 6.46. The Labute approximate surface area is 152 Å². The van der Waals surface area contributed by atoms with Gasteiger partial charge in [-0.1, -0.05) is 49.4 Å². The van der Waals surface area contributed by atoms with Gasteiger partial charge in [-0.2, -0.15) is 0 Å². The molecule has 0 saturated carbocycles. The molecule has 1 heterocycles. The number of amides is 1. The van der Waals surface area contributed by atoms with Gasteiger partial charge >= 0.3 is 0 Å². The minimum atomic E-state index is -0.110. The van der Waals surface area contributed by atoms with Gasteiger partial charge in [-0.3, -0.25) is 14.2 Å². The average Bonchev–Trinajstić information content (AvgIpc) is 2.68. The zero-order valence-electron chi connectivity index (χ0n) is 14.9. The number of hydrogen-bond acceptors (Lipinski definition) is 3. The van der Waals surface area contributed by atoms with Crippen molar-refractivity contribution in [3.05, 3.63) is 76.8 Å². The SMILES string of the molecule is C[C@@H](CCNC(=O)CCn1cnc2ccccc2c1=O)c1ccccc1. The third-order valence-electron chi connectivity index (χ3n) is 4.58. The number of fused-ring (bicyclic) bond motifs is 1. The Kier molecular flexibility index (Phi) is 5.79. The van der Waals surface area contributed by atoms with Crippen LogP contribution in [0.1, 0.15) is 31.2 Å². The number of carbonyl (C=O) groups is 1. The van der Waals surface area contributed by atoms with Gasteiger partial charge in [-0.25, -0.2) is 4.98 Å². The van der Waals surface area contributed by atoms with E-state index in [4.69, 9.17) is 0 Å². The molecule has 0 bridgehead atoms. The first kappa shape index (κ1) is 17.9. The minimum absolute atomic E-state index is 0.0506. The van der Waals surface area contributed by atoms with Gasteiger partial charge in [0.25, 0.3) is 5.56 Å². The lowest BCUT2D eigenvalue weighted by Crippen LogP contribution is -2.28. The van der Waals surface area contributed by atoms with Crippen LogP contribution in [0.4, 0.5) is 0 Å². The minimum Gasteiger partial charge on any atom is -0.356 e. The molecule has 5 heteroatoms. The van der Waals surface area contributed by atoms with E-state index in [0.29, 0.717) is 29.9 Å². The molecule has 3 aromatic rings. The van der Waals surface area contributed by atoms with Crippen LogP contribution in [0.3, 0.4) is 0 Å². The zero-order valence-corrected chi connectivity index (χ0v) is 14.9. The molecule has 0 radical (unpaired) electrons. The van der Waals surface area contributed by atoms with Gasteiger partial charge in [-0.05, 0) is 30.0 Å². The maximum absolute atomic E-state index is 12.4.